The van der Waals surface area contributed by atoms with Crippen molar-refractivity contribution in [1.82, 2.24) is 0 Å². The van der Waals surface area contributed by atoms with E-state index in [2.05, 4.69) is 31.6 Å². The highest BCUT2D eigenvalue weighted by molar-refractivity contribution is 5.92. The molecule has 0 heterocycles. The van der Waals surface area contributed by atoms with Gasteiger partial charge in [0, 0.05) is 34.9 Å². The van der Waals surface area contributed by atoms with Crippen LogP contribution >= 0.6 is 0 Å². The molecule has 8 heteroatoms. The zero-order valence-corrected chi connectivity index (χ0v) is 24.0. The molecule has 3 aromatic carbocycles. The highest BCUT2D eigenvalue weighted by atomic mass is 19.1. The molecule has 0 aliphatic rings. The molecule has 0 amide bonds. The van der Waals surface area contributed by atoms with Crippen LogP contribution < -0.4 is 14.2 Å². The van der Waals surface area contributed by atoms with E-state index >= 15 is 4.39 Å². The van der Waals surface area contributed by atoms with Gasteiger partial charge in [-0.2, -0.15) is 0 Å². The maximum absolute atomic E-state index is 15.3. The van der Waals surface area contributed by atoms with Crippen molar-refractivity contribution < 1.29 is 37.7 Å². The van der Waals surface area contributed by atoms with E-state index in [9.17, 15) is 14.4 Å². The molecule has 43 heavy (non-hydrogen) atoms. The molecule has 0 saturated heterocycles. The number of ether oxygens (including phenoxy) is 4. The van der Waals surface area contributed by atoms with E-state index in [1.807, 2.05) is 6.92 Å². The molecule has 0 N–H and O–H groups in total. The summed E-state index contributed by atoms with van der Waals surface area (Å²) in [6.45, 7) is 15.2. The topological polar surface area (TPSA) is 88.1 Å². The molecular weight excluding hydrogens is 551 g/mol. The molecule has 0 radical (unpaired) electrons. The van der Waals surface area contributed by atoms with E-state index < -0.39 is 23.7 Å². The Balaban J connectivity index is 1.89. The van der Waals surface area contributed by atoms with Gasteiger partial charge in [0.25, 0.3) is 0 Å². The average molecular weight is 581 g/mol. The monoisotopic (exact) mass is 580 g/mol. The van der Waals surface area contributed by atoms with E-state index in [-0.39, 0.29) is 23.7 Å². The number of rotatable bonds is 10. The molecule has 0 atom stereocenters. The summed E-state index contributed by atoms with van der Waals surface area (Å²) in [5.74, 6) is 4.05. The largest absolute Gasteiger partial charge is 0.457 e. The first-order chi connectivity index (χ1) is 20.5. The standard InChI is InChI=1S/C35H29FO7/c1-7-33(37)42-29-15-10-25(11-16-29)9-12-27-19-32(43-34(38)8-2)30(20-31(27)36)24(6)23(5)26-13-17-28(18-14-26)40-21-41-35(39)22(3)4/h7-8,10-11,13-20H,1-3,21H2,4-6H3/b24-23+. The first kappa shape index (κ1) is 31.8. The molecule has 0 aromatic heterocycles. The number of halogens is 1. The number of esters is 3. The van der Waals surface area contributed by atoms with Gasteiger partial charge in [0.1, 0.15) is 23.1 Å². The molecular formula is C35H29FO7. The fourth-order valence-corrected chi connectivity index (χ4v) is 3.57. The molecule has 0 fully saturated rings. The van der Waals surface area contributed by atoms with Crippen molar-refractivity contribution in [3.63, 3.8) is 0 Å². The summed E-state index contributed by atoms with van der Waals surface area (Å²) < 4.78 is 36.2. The summed E-state index contributed by atoms with van der Waals surface area (Å²) >= 11 is 0. The first-order valence-corrected chi connectivity index (χ1v) is 12.9. The van der Waals surface area contributed by atoms with Crippen molar-refractivity contribution in [1.29, 1.82) is 0 Å². The number of allylic oxidation sites excluding steroid dienone is 2. The second-order valence-electron chi connectivity index (χ2n) is 9.10. The van der Waals surface area contributed by atoms with E-state index in [0.717, 1.165) is 23.3 Å². The van der Waals surface area contributed by atoms with Gasteiger partial charge in [-0.1, -0.05) is 43.7 Å². The van der Waals surface area contributed by atoms with Gasteiger partial charge in [0.15, 0.2) is 0 Å². The van der Waals surface area contributed by atoms with Crippen LogP contribution in [0, 0.1) is 17.7 Å². The number of carbonyl (C=O) groups is 3. The third-order valence-corrected chi connectivity index (χ3v) is 6.05. The summed E-state index contributed by atoms with van der Waals surface area (Å²) in [5.41, 5.74) is 3.42. The zero-order valence-electron chi connectivity index (χ0n) is 24.0. The van der Waals surface area contributed by atoms with Crippen molar-refractivity contribution in [2.24, 2.45) is 0 Å². The van der Waals surface area contributed by atoms with Gasteiger partial charge in [-0.3, -0.25) is 0 Å². The van der Waals surface area contributed by atoms with Gasteiger partial charge in [-0.05, 0) is 79.9 Å². The third-order valence-electron chi connectivity index (χ3n) is 6.05. The quantitative estimate of drug-likeness (QED) is 0.0650. The second kappa shape index (κ2) is 14.8. The van der Waals surface area contributed by atoms with Crippen LogP contribution in [-0.2, 0) is 19.1 Å². The molecule has 3 rings (SSSR count). The Bertz CT molecular complexity index is 1670. The van der Waals surface area contributed by atoms with Crippen LogP contribution in [0.25, 0.3) is 11.1 Å². The molecule has 0 aliphatic heterocycles. The van der Waals surface area contributed by atoms with Crippen molar-refractivity contribution in [3.05, 3.63) is 126 Å². The molecule has 3 aromatic rings. The van der Waals surface area contributed by atoms with Crippen LogP contribution in [-0.4, -0.2) is 24.7 Å². The Hall–Kier alpha value is -5.68. The predicted octanol–water partition coefficient (Wildman–Crippen LogP) is 6.81. The predicted molar refractivity (Wildman–Crippen MR) is 161 cm³/mol. The lowest BCUT2D eigenvalue weighted by molar-refractivity contribution is -0.145. The molecule has 0 aliphatic carbocycles. The minimum absolute atomic E-state index is 0.0112. The van der Waals surface area contributed by atoms with Crippen LogP contribution in [0.1, 0.15) is 43.0 Å². The van der Waals surface area contributed by atoms with Gasteiger partial charge in [0.05, 0.1) is 5.56 Å². The smallest absolute Gasteiger partial charge is 0.335 e. The van der Waals surface area contributed by atoms with Gasteiger partial charge in [-0.15, -0.1) is 0 Å². The Kier molecular flexibility index (Phi) is 11.0. The van der Waals surface area contributed by atoms with Gasteiger partial charge in [0.2, 0.25) is 6.79 Å². The number of benzene rings is 3. The lowest BCUT2D eigenvalue weighted by atomic mass is 9.95. The highest BCUT2D eigenvalue weighted by Gasteiger charge is 2.16. The average Bonchev–Trinajstić information content (AvgIpc) is 3.01. The van der Waals surface area contributed by atoms with Crippen LogP contribution in [0.5, 0.6) is 17.2 Å². The summed E-state index contributed by atoms with van der Waals surface area (Å²) in [6.07, 6.45) is 2.06. The Morgan fingerprint density at radius 2 is 1.42 bits per heavy atom. The molecule has 218 valence electrons. The maximum atomic E-state index is 15.3. The van der Waals surface area contributed by atoms with E-state index in [1.165, 1.54) is 12.1 Å². The van der Waals surface area contributed by atoms with E-state index in [1.54, 1.807) is 62.4 Å². The summed E-state index contributed by atoms with van der Waals surface area (Å²) in [5, 5.41) is 0. The zero-order chi connectivity index (χ0) is 31.5. The summed E-state index contributed by atoms with van der Waals surface area (Å²) in [4.78, 5) is 35.0. The van der Waals surface area contributed by atoms with Crippen molar-refractivity contribution in [2.45, 2.75) is 20.8 Å². The molecule has 0 spiro atoms. The summed E-state index contributed by atoms with van der Waals surface area (Å²) in [7, 11) is 0. The Morgan fingerprint density at radius 3 is 2.02 bits per heavy atom. The van der Waals surface area contributed by atoms with Crippen molar-refractivity contribution >= 4 is 29.1 Å². The van der Waals surface area contributed by atoms with Crippen molar-refractivity contribution in [3.8, 4) is 29.1 Å². The molecule has 0 saturated carbocycles. The van der Waals surface area contributed by atoms with Gasteiger partial charge in [-0.25, -0.2) is 18.8 Å². The van der Waals surface area contributed by atoms with E-state index in [4.69, 9.17) is 18.9 Å². The maximum Gasteiger partial charge on any atom is 0.335 e. The molecule has 0 unspecified atom stereocenters. The summed E-state index contributed by atoms with van der Waals surface area (Å²) in [6, 6.07) is 16.0. The van der Waals surface area contributed by atoms with Crippen LogP contribution in [0.15, 0.2) is 98.1 Å². The van der Waals surface area contributed by atoms with Crippen molar-refractivity contribution in [2.75, 3.05) is 6.79 Å². The fourth-order valence-electron chi connectivity index (χ4n) is 3.57. The Morgan fingerprint density at radius 1 is 0.814 bits per heavy atom. The van der Waals surface area contributed by atoms with Gasteiger partial charge < -0.3 is 18.9 Å². The third kappa shape index (κ3) is 8.90. The lowest BCUT2D eigenvalue weighted by Crippen LogP contribution is -2.10. The SMILES string of the molecule is C=CC(=O)Oc1ccc(C#Cc2cc(OC(=O)C=C)c(/C(C)=C(\C)c3ccc(OCOC(=O)C(=C)C)cc3)cc2F)cc1. The Labute approximate surface area is 249 Å². The molecule has 0 bridgehead atoms. The lowest BCUT2D eigenvalue weighted by Gasteiger charge is -2.15. The number of carbonyl (C=O) groups excluding carboxylic acids is 3. The minimum Gasteiger partial charge on any atom is -0.457 e. The second-order valence-corrected chi connectivity index (χ2v) is 9.10. The highest BCUT2D eigenvalue weighted by Crippen LogP contribution is 2.34. The first-order valence-electron chi connectivity index (χ1n) is 12.9. The normalized spacial score (nSPS) is 10.7. The van der Waals surface area contributed by atoms with Gasteiger partial charge >= 0.3 is 17.9 Å². The van der Waals surface area contributed by atoms with E-state index in [0.29, 0.717) is 28.2 Å². The van der Waals surface area contributed by atoms with Crippen LogP contribution in [0.4, 0.5) is 4.39 Å². The fraction of sp³-hybridized carbons (Fsp3) is 0.114. The minimum atomic E-state index is -0.712. The molecule has 7 nitrogen and oxygen atoms in total. The van der Waals surface area contributed by atoms with Crippen LogP contribution in [0.2, 0.25) is 0 Å². The number of hydrogen-bond donors (Lipinski definition) is 0. The number of hydrogen-bond acceptors (Lipinski definition) is 7. The van der Waals surface area contributed by atoms with Crippen LogP contribution in [0.3, 0.4) is 0 Å².